The Morgan fingerprint density at radius 1 is 1.16 bits per heavy atom. The van der Waals surface area contributed by atoms with Gasteiger partial charge < -0.3 is 5.32 Å². The van der Waals surface area contributed by atoms with Crippen LogP contribution in [0.3, 0.4) is 0 Å². The number of anilines is 1. The number of pyridine rings is 1. The second-order valence-corrected chi connectivity index (χ2v) is 5.32. The first kappa shape index (κ1) is 13.4. The minimum Gasteiger partial charge on any atom is -0.373 e. The Balaban J connectivity index is 2.54. The number of hydrogen-bond acceptors (Lipinski definition) is 4. The maximum Gasteiger partial charge on any atom is 0.180 e. The van der Waals surface area contributed by atoms with Crippen molar-refractivity contribution in [2.24, 2.45) is 0 Å². The molecular formula is C14H17FN4. The summed E-state index contributed by atoms with van der Waals surface area (Å²) in [5.41, 5.74) is 1.38. The quantitative estimate of drug-likeness (QED) is 0.901. The SMILES string of the molecule is CNc1cc(C(C)(C)C)nc(-c2ccc(F)cn2)n1. The molecule has 2 rings (SSSR count). The lowest BCUT2D eigenvalue weighted by Gasteiger charge is -2.19. The van der Waals surface area contributed by atoms with Crippen molar-refractivity contribution in [3.63, 3.8) is 0 Å². The largest absolute Gasteiger partial charge is 0.373 e. The van der Waals surface area contributed by atoms with Crippen molar-refractivity contribution in [2.75, 3.05) is 12.4 Å². The lowest BCUT2D eigenvalue weighted by atomic mass is 9.92. The van der Waals surface area contributed by atoms with E-state index in [0.29, 0.717) is 11.5 Å². The fourth-order valence-electron chi connectivity index (χ4n) is 1.58. The van der Waals surface area contributed by atoms with Gasteiger partial charge in [0.25, 0.3) is 0 Å². The van der Waals surface area contributed by atoms with E-state index in [1.165, 1.54) is 12.3 Å². The average Bonchev–Trinajstić information content (AvgIpc) is 2.38. The summed E-state index contributed by atoms with van der Waals surface area (Å²) in [6, 6.07) is 4.85. The second kappa shape index (κ2) is 4.91. The lowest BCUT2D eigenvalue weighted by molar-refractivity contribution is 0.568. The topological polar surface area (TPSA) is 50.7 Å². The Morgan fingerprint density at radius 3 is 2.42 bits per heavy atom. The maximum atomic E-state index is 12.9. The summed E-state index contributed by atoms with van der Waals surface area (Å²) < 4.78 is 12.9. The molecule has 0 spiro atoms. The fourth-order valence-corrected chi connectivity index (χ4v) is 1.58. The zero-order chi connectivity index (χ0) is 14.0. The third-order valence-corrected chi connectivity index (χ3v) is 2.71. The van der Waals surface area contributed by atoms with E-state index in [-0.39, 0.29) is 11.2 Å². The molecule has 100 valence electrons. The summed E-state index contributed by atoms with van der Waals surface area (Å²) in [5.74, 6) is 0.849. The van der Waals surface area contributed by atoms with Crippen LogP contribution in [-0.2, 0) is 5.41 Å². The van der Waals surface area contributed by atoms with E-state index in [2.05, 4.69) is 41.0 Å². The number of rotatable bonds is 2. The molecule has 0 unspecified atom stereocenters. The van der Waals surface area contributed by atoms with Gasteiger partial charge in [-0.05, 0) is 12.1 Å². The number of aromatic nitrogens is 3. The van der Waals surface area contributed by atoms with Gasteiger partial charge in [-0.25, -0.2) is 19.3 Å². The molecule has 0 aromatic carbocycles. The van der Waals surface area contributed by atoms with Crippen molar-refractivity contribution < 1.29 is 4.39 Å². The molecule has 0 aliphatic carbocycles. The highest BCUT2D eigenvalue weighted by molar-refractivity contribution is 5.53. The molecule has 2 aromatic rings. The molecule has 0 saturated heterocycles. The Kier molecular flexibility index (Phi) is 3.46. The summed E-state index contributed by atoms with van der Waals surface area (Å²) in [4.78, 5) is 12.9. The van der Waals surface area contributed by atoms with Crippen LogP contribution in [0.25, 0.3) is 11.5 Å². The predicted molar refractivity (Wildman–Crippen MR) is 73.5 cm³/mol. The van der Waals surface area contributed by atoms with Crippen LogP contribution in [0.1, 0.15) is 26.5 Å². The average molecular weight is 260 g/mol. The first-order chi connectivity index (χ1) is 8.90. The molecule has 2 heterocycles. The van der Waals surface area contributed by atoms with Gasteiger partial charge in [-0.2, -0.15) is 0 Å². The summed E-state index contributed by atoms with van der Waals surface area (Å²) in [5, 5.41) is 3.01. The molecule has 0 atom stereocenters. The van der Waals surface area contributed by atoms with Crippen molar-refractivity contribution in [1.82, 2.24) is 15.0 Å². The highest BCUT2D eigenvalue weighted by Crippen LogP contribution is 2.24. The van der Waals surface area contributed by atoms with Gasteiger partial charge >= 0.3 is 0 Å². The summed E-state index contributed by atoms with van der Waals surface area (Å²) in [7, 11) is 1.80. The summed E-state index contributed by atoms with van der Waals surface area (Å²) in [6.45, 7) is 6.24. The third-order valence-electron chi connectivity index (χ3n) is 2.71. The number of halogens is 1. The summed E-state index contributed by atoms with van der Waals surface area (Å²) >= 11 is 0. The maximum absolute atomic E-state index is 12.9. The van der Waals surface area contributed by atoms with E-state index >= 15 is 0 Å². The molecule has 0 amide bonds. The fraction of sp³-hybridized carbons (Fsp3) is 0.357. The Morgan fingerprint density at radius 2 is 1.89 bits per heavy atom. The van der Waals surface area contributed by atoms with E-state index in [1.54, 1.807) is 13.1 Å². The van der Waals surface area contributed by atoms with Crippen LogP contribution in [0.15, 0.2) is 24.4 Å². The van der Waals surface area contributed by atoms with Crippen LogP contribution < -0.4 is 5.32 Å². The van der Waals surface area contributed by atoms with Crippen molar-refractivity contribution in [3.8, 4) is 11.5 Å². The van der Waals surface area contributed by atoms with E-state index in [4.69, 9.17) is 0 Å². The smallest absolute Gasteiger partial charge is 0.180 e. The number of hydrogen-bond donors (Lipinski definition) is 1. The molecule has 0 bridgehead atoms. The van der Waals surface area contributed by atoms with Crippen molar-refractivity contribution in [1.29, 1.82) is 0 Å². The van der Waals surface area contributed by atoms with E-state index in [1.807, 2.05) is 6.07 Å². The van der Waals surface area contributed by atoms with Crippen LogP contribution in [-0.4, -0.2) is 22.0 Å². The Hall–Kier alpha value is -2.04. The number of nitrogens with zero attached hydrogens (tertiary/aromatic N) is 3. The van der Waals surface area contributed by atoms with E-state index < -0.39 is 0 Å². The Labute approximate surface area is 112 Å². The first-order valence-electron chi connectivity index (χ1n) is 6.09. The Bertz CT molecular complexity index is 573. The number of nitrogens with one attached hydrogen (secondary N) is 1. The monoisotopic (exact) mass is 260 g/mol. The minimum atomic E-state index is -0.371. The van der Waals surface area contributed by atoms with Gasteiger partial charge in [-0.15, -0.1) is 0 Å². The standard InChI is InChI=1S/C14H17FN4/c1-14(2,3)11-7-12(16-4)19-13(18-11)10-6-5-9(15)8-17-10/h5-8H,1-4H3,(H,16,18,19). The van der Waals surface area contributed by atoms with E-state index in [0.717, 1.165) is 11.5 Å². The highest BCUT2D eigenvalue weighted by Gasteiger charge is 2.18. The second-order valence-electron chi connectivity index (χ2n) is 5.32. The molecule has 2 aromatic heterocycles. The molecule has 0 radical (unpaired) electrons. The normalized spacial score (nSPS) is 11.4. The zero-order valence-corrected chi connectivity index (χ0v) is 11.5. The van der Waals surface area contributed by atoms with Crippen molar-refractivity contribution >= 4 is 5.82 Å². The molecule has 0 aliphatic heterocycles. The highest BCUT2D eigenvalue weighted by atomic mass is 19.1. The molecule has 4 nitrogen and oxygen atoms in total. The van der Waals surface area contributed by atoms with Crippen LogP contribution in [0.2, 0.25) is 0 Å². The van der Waals surface area contributed by atoms with Gasteiger partial charge in [0.1, 0.15) is 17.3 Å². The van der Waals surface area contributed by atoms with Crippen LogP contribution in [0.4, 0.5) is 10.2 Å². The molecule has 1 N–H and O–H groups in total. The van der Waals surface area contributed by atoms with Crippen LogP contribution >= 0.6 is 0 Å². The van der Waals surface area contributed by atoms with Gasteiger partial charge in [0, 0.05) is 18.5 Å². The van der Waals surface area contributed by atoms with Crippen LogP contribution in [0.5, 0.6) is 0 Å². The molecular weight excluding hydrogens is 243 g/mol. The zero-order valence-electron chi connectivity index (χ0n) is 11.5. The molecule has 0 fully saturated rings. The third kappa shape index (κ3) is 3.05. The van der Waals surface area contributed by atoms with Gasteiger partial charge in [0.2, 0.25) is 0 Å². The van der Waals surface area contributed by atoms with Crippen molar-refractivity contribution in [3.05, 3.63) is 35.9 Å². The lowest BCUT2D eigenvalue weighted by Crippen LogP contribution is -2.15. The molecule has 5 heteroatoms. The summed E-state index contributed by atoms with van der Waals surface area (Å²) in [6.07, 6.45) is 1.17. The molecule has 0 aliphatic rings. The van der Waals surface area contributed by atoms with Gasteiger partial charge in [0.15, 0.2) is 5.82 Å². The van der Waals surface area contributed by atoms with Crippen LogP contribution in [0, 0.1) is 5.82 Å². The van der Waals surface area contributed by atoms with Crippen molar-refractivity contribution in [2.45, 2.75) is 26.2 Å². The van der Waals surface area contributed by atoms with Gasteiger partial charge in [0.05, 0.1) is 11.9 Å². The minimum absolute atomic E-state index is 0.0939. The molecule has 19 heavy (non-hydrogen) atoms. The predicted octanol–water partition coefficient (Wildman–Crippen LogP) is 3.02. The van der Waals surface area contributed by atoms with Gasteiger partial charge in [-0.3, -0.25) is 0 Å². The van der Waals surface area contributed by atoms with E-state index in [9.17, 15) is 4.39 Å². The van der Waals surface area contributed by atoms with Gasteiger partial charge in [-0.1, -0.05) is 20.8 Å². The first-order valence-corrected chi connectivity index (χ1v) is 6.09. The molecule has 0 saturated carbocycles.